The average molecular weight is 348 g/mol. The van der Waals surface area contributed by atoms with Crippen molar-refractivity contribution < 1.29 is 9.47 Å². The van der Waals surface area contributed by atoms with Crippen molar-refractivity contribution in [2.45, 2.75) is 37.8 Å². The van der Waals surface area contributed by atoms with Crippen LogP contribution in [0.4, 0.5) is 0 Å². The van der Waals surface area contributed by atoms with E-state index < -0.39 is 0 Å². The van der Waals surface area contributed by atoms with E-state index in [4.69, 9.17) is 9.47 Å². The second-order valence-electron chi connectivity index (χ2n) is 7.45. The van der Waals surface area contributed by atoms with Crippen LogP contribution in [-0.4, -0.2) is 70.3 Å². The number of rotatable bonds is 7. The molecule has 0 amide bonds. The van der Waals surface area contributed by atoms with Crippen LogP contribution in [0.2, 0.25) is 0 Å². The van der Waals surface area contributed by atoms with Crippen molar-refractivity contribution in [3.8, 4) is 11.5 Å². The van der Waals surface area contributed by atoms with Crippen LogP contribution in [0.25, 0.3) is 0 Å². The summed E-state index contributed by atoms with van der Waals surface area (Å²) in [6, 6.07) is 5.43. The van der Waals surface area contributed by atoms with Gasteiger partial charge in [-0.3, -0.25) is 0 Å². The summed E-state index contributed by atoms with van der Waals surface area (Å²) in [5.74, 6) is 1.75. The molecule has 3 rings (SSSR count). The molecule has 1 atom stereocenters. The first-order valence-electron chi connectivity index (χ1n) is 9.50. The van der Waals surface area contributed by atoms with Crippen LogP contribution < -0.4 is 14.8 Å². The minimum atomic E-state index is 0.439. The molecule has 0 unspecified atom stereocenters. The Morgan fingerprint density at radius 3 is 2.52 bits per heavy atom. The molecule has 2 aliphatic rings. The van der Waals surface area contributed by atoms with Gasteiger partial charge >= 0.3 is 0 Å². The van der Waals surface area contributed by atoms with Gasteiger partial charge in [-0.05, 0) is 64.5 Å². The molecule has 0 bridgehead atoms. The van der Waals surface area contributed by atoms with Crippen molar-refractivity contribution in [2.75, 3.05) is 54.5 Å². The number of methoxy groups -OCH3 is 2. The van der Waals surface area contributed by atoms with Gasteiger partial charge in [-0.1, -0.05) is 6.07 Å². The van der Waals surface area contributed by atoms with Crippen molar-refractivity contribution in [3.63, 3.8) is 0 Å². The summed E-state index contributed by atoms with van der Waals surface area (Å²) in [6.45, 7) is 4.62. The molecule has 1 aromatic rings. The third-order valence-electron chi connectivity index (χ3n) is 5.85. The summed E-state index contributed by atoms with van der Waals surface area (Å²) in [6.07, 6.45) is 4.77. The summed E-state index contributed by atoms with van der Waals surface area (Å²) in [5, 5.41) is 3.76. The Kier molecular flexibility index (Phi) is 6.20. The summed E-state index contributed by atoms with van der Waals surface area (Å²) in [4.78, 5) is 4.96. The van der Waals surface area contributed by atoms with Crippen LogP contribution in [0, 0.1) is 0 Å². The quantitative estimate of drug-likeness (QED) is 0.819. The molecule has 140 valence electrons. The Balaban J connectivity index is 1.50. The first-order valence-corrected chi connectivity index (χ1v) is 9.50. The lowest BCUT2D eigenvalue weighted by molar-refractivity contribution is 0.144. The lowest BCUT2D eigenvalue weighted by Gasteiger charge is -2.35. The summed E-state index contributed by atoms with van der Waals surface area (Å²) in [5.41, 5.74) is 2.69. The van der Waals surface area contributed by atoms with E-state index in [1.807, 2.05) is 6.07 Å². The smallest absolute Gasteiger partial charge is 0.164 e. The van der Waals surface area contributed by atoms with Gasteiger partial charge in [0.1, 0.15) is 0 Å². The predicted octanol–water partition coefficient (Wildman–Crippen LogP) is 2.31. The first-order chi connectivity index (χ1) is 12.1. The number of benzene rings is 1. The van der Waals surface area contributed by atoms with E-state index in [1.165, 1.54) is 37.1 Å². The molecule has 25 heavy (non-hydrogen) atoms. The molecular formula is C20H33N3O2. The molecule has 1 aromatic carbocycles. The van der Waals surface area contributed by atoms with Crippen LogP contribution in [-0.2, 0) is 6.42 Å². The van der Waals surface area contributed by atoms with Crippen molar-refractivity contribution in [1.29, 1.82) is 0 Å². The normalized spacial score (nSPS) is 21.6. The Morgan fingerprint density at radius 2 is 1.88 bits per heavy atom. The summed E-state index contributed by atoms with van der Waals surface area (Å²) < 4.78 is 11.0. The molecule has 1 fully saturated rings. The van der Waals surface area contributed by atoms with E-state index >= 15 is 0 Å². The van der Waals surface area contributed by atoms with Crippen LogP contribution >= 0.6 is 0 Å². The Bertz CT molecular complexity index is 568. The fraction of sp³-hybridized carbons (Fsp3) is 0.700. The zero-order valence-electron chi connectivity index (χ0n) is 16.2. The second kappa shape index (κ2) is 8.39. The molecule has 5 heteroatoms. The van der Waals surface area contributed by atoms with E-state index in [9.17, 15) is 0 Å². The Morgan fingerprint density at radius 1 is 1.12 bits per heavy atom. The number of nitrogens with one attached hydrogen (secondary N) is 1. The maximum absolute atomic E-state index is 5.59. The van der Waals surface area contributed by atoms with Gasteiger partial charge in [-0.15, -0.1) is 0 Å². The molecule has 5 nitrogen and oxygen atoms in total. The molecule has 1 aliphatic carbocycles. The monoisotopic (exact) mass is 347 g/mol. The van der Waals surface area contributed by atoms with Gasteiger partial charge in [0.05, 0.1) is 14.2 Å². The molecule has 0 saturated carbocycles. The average Bonchev–Trinajstić information content (AvgIpc) is 3.04. The van der Waals surface area contributed by atoms with Gasteiger partial charge in [-0.2, -0.15) is 0 Å². The highest BCUT2D eigenvalue weighted by atomic mass is 16.5. The number of ether oxygens (including phenoxy) is 2. The summed E-state index contributed by atoms with van der Waals surface area (Å²) >= 11 is 0. The zero-order valence-corrected chi connectivity index (χ0v) is 16.2. The molecule has 0 radical (unpaired) electrons. The SMILES string of the molecule is COc1ccc2c(c1OC)CC[C@H]2NCCN1CCC(N(C)C)CC1. The fourth-order valence-electron chi connectivity index (χ4n) is 4.30. The van der Waals surface area contributed by atoms with Gasteiger partial charge in [0, 0.05) is 30.7 Å². The third kappa shape index (κ3) is 4.10. The van der Waals surface area contributed by atoms with Crippen molar-refractivity contribution >= 4 is 0 Å². The molecular weight excluding hydrogens is 314 g/mol. The third-order valence-corrected chi connectivity index (χ3v) is 5.85. The van der Waals surface area contributed by atoms with Crippen molar-refractivity contribution in [2.24, 2.45) is 0 Å². The van der Waals surface area contributed by atoms with E-state index in [1.54, 1.807) is 14.2 Å². The maximum atomic E-state index is 5.59. The van der Waals surface area contributed by atoms with Gasteiger partial charge in [-0.25, -0.2) is 0 Å². The fourth-order valence-corrected chi connectivity index (χ4v) is 4.30. The van der Waals surface area contributed by atoms with Gasteiger partial charge in [0.2, 0.25) is 0 Å². The number of fused-ring (bicyclic) bond motifs is 1. The Labute approximate surface area is 152 Å². The van der Waals surface area contributed by atoms with Crippen LogP contribution in [0.5, 0.6) is 11.5 Å². The van der Waals surface area contributed by atoms with Crippen molar-refractivity contribution in [1.82, 2.24) is 15.1 Å². The van der Waals surface area contributed by atoms with Crippen LogP contribution in [0.15, 0.2) is 12.1 Å². The van der Waals surface area contributed by atoms with Crippen LogP contribution in [0.3, 0.4) is 0 Å². The lowest BCUT2D eigenvalue weighted by atomic mass is 10.0. The molecule has 0 spiro atoms. The minimum Gasteiger partial charge on any atom is -0.493 e. The number of hydrogen-bond donors (Lipinski definition) is 1. The van der Waals surface area contributed by atoms with E-state index in [-0.39, 0.29) is 0 Å². The van der Waals surface area contributed by atoms with E-state index in [0.717, 1.165) is 43.5 Å². The second-order valence-corrected chi connectivity index (χ2v) is 7.45. The molecule has 0 aromatic heterocycles. The molecule has 1 heterocycles. The van der Waals surface area contributed by atoms with Gasteiger partial charge in [0.25, 0.3) is 0 Å². The Hall–Kier alpha value is -1.30. The first kappa shape index (κ1) is 18.5. The number of piperidine rings is 1. The predicted molar refractivity (Wildman–Crippen MR) is 102 cm³/mol. The van der Waals surface area contributed by atoms with Gasteiger partial charge < -0.3 is 24.6 Å². The minimum absolute atomic E-state index is 0.439. The van der Waals surface area contributed by atoms with E-state index in [0.29, 0.717) is 6.04 Å². The van der Waals surface area contributed by atoms with Crippen molar-refractivity contribution in [3.05, 3.63) is 23.3 Å². The zero-order chi connectivity index (χ0) is 17.8. The molecule has 1 saturated heterocycles. The largest absolute Gasteiger partial charge is 0.493 e. The topological polar surface area (TPSA) is 37.0 Å². The number of hydrogen-bond acceptors (Lipinski definition) is 5. The highest BCUT2D eigenvalue weighted by molar-refractivity contribution is 5.53. The molecule has 1 aliphatic heterocycles. The van der Waals surface area contributed by atoms with Gasteiger partial charge in [0.15, 0.2) is 11.5 Å². The van der Waals surface area contributed by atoms with E-state index in [2.05, 4.69) is 35.3 Å². The van der Waals surface area contributed by atoms with Crippen LogP contribution in [0.1, 0.15) is 36.4 Å². The number of nitrogens with zero attached hydrogens (tertiary/aromatic N) is 2. The summed E-state index contributed by atoms with van der Waals surface area (Å²) in [7, 11) is 7.83. The standard InChI is InChI=1S/C20H33N3O2/c1-22(2)15-9-12-23(13-10-15)14-11-21-18-7-5-17-16(18)6-8-19(24-3)20(17)25-4/h6,8,15,18,21H,5,7,9-14H2,1-4H3/t18-/m1/s1. The lowest BCUT2D eigenvalue weighted by Crippen LogP contribution is -2.44. The molecule has 1 N–H and O–H groups in total. The highest BCUT2D eigenvalue weighted by Crippen LogP contribution is 2.42. The maximum Gasteiger partial charge on any atom is 0.164 e. The number of likely N-dealkylation sites (tertiary alicyclic amines) is 1. The highest BCUT2D eigenvalue weighted by Gasteiger charge is 2.27.